The number of methoxy groups -OCH3 is 1. The lowest BCUT2D eigenvalue weighted by molar-refractivity contribution is -0.143. The van der Waals surface area contributed by atoms with Gasteiger partial charge in [-0.3, -0.25) is 4.79 Å². The van der Waals surface area contributed by atoms with E-state index in [9.17, 15) is 23.1 Å². The Bertz CT molecular complexity index is 613. The molecule has 0 saturated heterocycles. The molecular formula is C13H17NO6S. The van der Waals surface area contributed by atoms with E-state index in [-0.39, 0.29) is 6.42 Å². The fourth-order valence-electron chi connectivity index (χ4n) is 1.68. The summed E-state index contributed by atoms with van der Waals surface area (Å²) < 4.78 is 30.4. The lowest BCUT2D eigenvalue weighted by Crippen LogP contribution is -2.50. The third kappa shape index (κ3) is 4.54. The number of carboxylic acid groups (broad SMARTS) is 1. The Morgan fingerprint density at radius 2 is 1.86 bits per heavy atom. The number of esters is 1. The number of carbonyl (C=O) groups is 2. The van der Waals surface area contributed by atoms with Crippen LogP contribution in [0.3, 0.4) is 0 Å². The molecule has 21 heavy (non-hydrogen) atoms. The van der Waals surface area contributed by atoms with Gasteiger partial charge in [-0.05, 0) is 12.5 Å². The largest absolute Gasteiger partial charge is 0.480 e. The number of ether oxygens (including phenoxy) is 1. The van der Waals surface area contributed by atoms with Crippen LogP contribution in [0, 0.1) is 0 Å². The lowest BCUT2D eigenvalue weighted by atomic mass is 9.94. The summed E-state index contributed by atoms with van der Waals surface area (Å²) in [5.74, 6) is -2.57. The van der Waals surface area contributed by atoms with Gasteiger partial charge in [-0.15, -0.1) is 0 Å². The molecule has 0 spiro atoms. The van der Waals surface area contributed by atoms with Crippen molar-refractivity contribution in [2.45, 2.75) is 18.9 Å². The lowest BCUT2D eigenvalue weighted by Gasteiger charge is -2.26. The summed E-state index contributed by atoms with van der Waals surface area (Å²) in [7, 11) is -2.82. The first kappa shape index (κ1) is 17.1. The fraction of sp³-hybridized carbons (Fsp3) is 0.385. The van der Waals surface area contributed by atoms with Crippen molar-refractivity contribution in [2.24, 2.45) is 0 Å². The summed E-state index contributed by atoms with van der Waals surface area (Å²) >= 11 is 0. The molecule has 2 N–H and O–H groups in total. The summed E-state index contributed by atoms with van der Waals surface area (Å²) in [6, 6.07) is 7.93. The number of sulfonamides is 1. The highest BCUT2D eigenvalue weighted by Gasteiger charge is 2.39. The van der Waals surface area contributed by atoms with Crippen LogP contribution in [0.4, 0.5) is 0 Å². The molecule has 0 heterocycles. The highest BCUT2D eigenvalue weighted by Crippen LogP contribution is 2.22. The van der Waals surface area contributed by atoms with E-state index in [1.807, 2.05) is 0 Å². The summed E-state index contributed by atoms with van der Waals surface area (Å²) in [6.07, 6.45) is -0.351. The second-order valence-corrected chi connectivity index (χ2v) is 6.39. The summed E-state index contributed by atoms with van der Waals surface area (Å²) in [5.41, 5.74) is -1.52. The van der Waals surface area contributed by atoms with Crippen molar-refractivity contribution in [3.05, 3.63) is 35.9 Å². The summed E-state index contributed by atoms with van der Waals surface area (Å²) in [5, 5.41) is 9.35. The molecule has 8 heteroatoms. The van der Waals surface area contributed by atoms with E-state index in [2.05, 4.69) is 9.46 Å². The first-order valence-corrected chi connectivity index (χ1v) is 7.74. The number of aliphatic carboxylic acids is 1. The summed E-state index contributed by atoms with van der Waals surface area (Å²) in [6.45, 7) is 1.25. The third-order valence-electron chi connectivity index (χ3n) is 2.94. The minimum Gasteiger partial charge on any atom is -0.480 e. The van der Waals surface area contributed by atoms with Crippen molar-refractivity contribution in [3.8, 4) is 0 Å². The number of carbonyl (C=O) groups excluding carboxylic acids is 1. The second-order valence-electron chi connectivity index (χ2n) is 4.54. The van der Waals surface area contributed by atoms with Gasteiger partial charge in [-0.2, -0.15) is 4.72 Å². The second kappa shape index (κ2) is 6.68. The molecule has 0 bridgehead atoms. The van der Waals surface area contributed by atoms with Crippen LogP contribution in [0.15, 0.2) is 30.3 Å². The Morgan fingerprint density at radius 3 is 2.33 bits per heavy atom. The highest BCUT2D eigenvalue weighted by atomic mass is 32.2. The van der Waals surface area contributed by atoms with E-state index in [1.54, 1.807) is 18.2 Å². The maximum atomic E-state index is 12.0. The van der Waals surface area contributed by atoms with Crippen LogP contribution in [0.25, 0.3) is 0 Å². The minimum absolute atomic E-state index is 0.291. The van der Waals surface area contributed by atoms with Crippen LogP contribution in [0.1, 0.15) is 18.9 Å². The standard InChI is InChI=1S/C13H17NO6S/c1-13(12(16)17,10-6-4-3-5-7-10)14-21(18,19)9-8-11(15)20-2/h3-7,14H,8-9H2,1-2H3,(H,16,17). The Morgan fingerprint density at radius 1 is 1.29 bits per heavy atom. The molecule has 7 nitrogen and oxygen atoms in total. The van der Waals surface area contributed by atoms with Crippen LogP contribution < -0.4 is 4.72 Å². The first-order chi connectivity index (χ1) is 9.71. The van der Waals surface area contributed by atoms with Crippen LogP contribution in [-0.4, -0.2) is 38.3 Å². The average molecular weight is 315 g/mol. The molecule has 116 valence electrons. The van der Waals surface area contributed by atoms with Gasteiger partial charge in [0.1, 0.15) is 0 Å². The molecule has 0 fully saturated rings. The summed E-state index contributed by atoms with van der Waals surface area (Å²) in [4.78, 5) is 22.5. The van der Waals surface area contributed by atoms with Crippen LogP contribution in [0.2, 0.25) is 0 Å². The number of hydrogen-bond acceptors (Lipinski definition) is 5. The number of carboxylic acids is 1. The van der Waals surface area contributed by atoms with Crippen molar-refractivity contribution in [1.29, 1.82) is 0 Å². The predicted octanol–water partition coefficient (Wildman–Crippen LogP) is 0.469. The Labute approximate surface area is 123 Å². The zero-order valence-corrected chi connectivity index (χ0v) is 12.5. The Hall–Kier alpha value is -1.93. The molecule has 0 saturated carbocycles. The van der Waals surface area contributed by atoms with Crippen molar-refractivity contribution < 1.29 is 27.9 Å². The van der Waals surface area contributed by atoms with Gasteiger partial charge < -0.3 is 9.84 Å². The number of rotatable bonds is 7. The van der Waals surface area contributed by atoms with Crippen molar-refractivity contribution in [2.75, 3.05) is 12.9 Å². The molecule has 0 aliphatic heterocycles. The molecule has 1 unspecified atom stereocenters. The minimum atomic E-state index is -3.97. The molecule has 1 aromatic carbocycles. The molecule has 0 aliphatic rings. The highest BCUT2D eigenvalue weighted by molar-refractivity contribution is 7.89. The SMILES string of the molecule is COC(=O)CCS(=O)(=O)NC(C)(C(=O)O)c1ccccc1. The van der Waals surface area contributed by atoms with Crippen molar-refractivity contribution in [1.82, 2.24) is 4.72 Å². The molecule has 1 rings (SSSR count). The van der Waals surface area contributed by atoms with Crippen molar-refractivity contribution >= 4 is 22.0 Å². The van der Waals surface area contributed by atoms with E-state index >= 15 is 0 Å². The van der Waals surface area contributed by atoms with Gasteiger partial charge in [-0.25, -0.2) is 13.2 Å². The quantitative estimate of drug-likeness (QED) is 0.708. The van der Waals surface area contributed by atoms with Gasteiger partial charge in [0.15, 0.2) is 5.54 Å². The zero-order chi connectivity index (χ0) is 16.1. The molecule has 0 aliphatic carbocycles. The number of nitrogens with one attached hydrogen (secondary N) is 1. The molecule has 0 radical (unpaired) electrons. The monoisotopic (exact) mass is 315 g/mol. The van der Waals surface area contributed by atoms with E-state index < -0.39 is 33.3 Å². The van der Waals surface area contributed by atoms with Crippen LogP contribution in [-0.2, 0) is 29.9 Å². The molecule has 1 aromatic rings. The topological polar surface area (TPSA) is 110 Å². The fourth-order valence-corrected chi connectivity index (χ4v) is 3.04. The maximum Gasteiger partial charge on any atom is 0.329 e. The number of benzene rings is 1. The van der Waals surface area contributed by atoms with Gasteiger partial charge in [0.25, 0.3) is 0 Å². The third-order valence-corrected chi connectivity index (χ3v) is 4.40. The zero-order valence-electron chi connectivity index (χ0n) is 11.7. The Balaban J connectivity index is 2.99. The predicted molar refractivity (Wildman–Crippen MR) is 75.0 cm³/mol. The van der Waals surface area contributed by atoms with Gasteiger partial charge in [0.05, 0.1) is 19.3 Å². The van der Waals surface area contributed by atoms with Crippen LogP contribution >= 0.6 is 0 Å². The van der Waals surface area contributed by atoms with Crippen LogP contribution in [0.5, 0.6) is 0 Å². The molecular weight excluding hydrogens is 298 g/mol. The van der Waals surface area contributed by atoms with E-state index in [0.717, 1.165) is 7.11 Å². The number of hydrogen-bond donors (Lipinski definition) is 2. The average Bonchev–Trinajstić information content (AvgIpc) is 2.45. The first-order valence-electron chi connectivity index (χ1n) is 6.08. The van der Waals surface area contributed by atoms with Gasteiger partial charge in [0.2, 0.25) is 10.0 Å². The van der Waals surface area contributed by atoms with E-state index in [0.29, 0.717) is 5.56 Å². The maximum absolute atomic E-state index is 12.0. The molecule has 0 aromatic heterocycles. The van der Waals surface area contributed by atoms with E-state index in [4.69, 9.17) is 0 Å². The van der Waals surface area contributed by atoms with Gasteiger partial charge in [-0.1, -0.05) is 30.3 Å². The normalized spacial score (nSPS) is 14.2. The van der Waals surface area contributed by atoms with Crippen molar-refractivity contribution in [3.63, 3.8) is 0 Å². The smallest absolute Gasteiger partial charge is 0.329 e. The molecule has 0 amide bonds. The Kier molecular flexibility index (Phi) is 5.45. The van der Waals surface area contributed by atoms with Gasteiger partial charge in [0, 0.05) is 0 Å². The molecule has 1 atom stereocenters. The van der Waals surface area contributed by atoms with Gasteiger partial charge >= 0.3 is 11.9 Å². The van der Waals surface area contributed by atoms with E-state index in [1.165, 1.54) is 19.1 Å².